The Balaban J connectivity index is 1.83. The van der Waals surface area contributed by atoms with E-state index in [4.69, 9.17) is 9.31 Å². The first-order chi connectivity index (χ1) is 9.39. The van der Waals surface area contributed by atoms with E-state index in [9.17, 15) is 0 Å². The minimum atomic E-state index is -0.454. The van der Waals surface area contributed by atoms with Gasteiger partial charge in [0.05, 0.1) is 33.6 Å². The van der Waals surface area contributed by atoms with Crippen molar-refractivity contribution in [1.82, 2.24) is 9.97 Å². The van der Waals surface area contributed by atoms with Crippen LogP contribution in [0.1, 0.15) is 27.7 Å². The van der Waals surface area contributed by atoms with Gasteiger partial charge in [-0.3, -0.25) is 9.97 Å². The molecule has 6 heteroatoms. The van der Waals surface area contributed by atoms with Crippen LogP contribution in [0.5, 0.6) is 0 Å². The summed E-state index contributed by atoms with van der Waals surface area (Å²) in [5.74, 6) is 0. The molecule has 20 heavy (non-hydrogen) atoms. The van der Waals surface area contributed by atoms with Gasteiger partial charge in [0.25, 0.3) is 0 Å². The first kappa shape index (κ1) is 13.7. The van der Waals surface area contributed by atoms with Crippen LogP contribution in [0.15, 0.2) is 29.9 Å². The van der Waals surface area contributed by atoms with Crippen LogP contribution in [-0.2, 0) is 9.31 Å². The Bertz CT molecular complexity index is 580. The van der Waals surface area contributed by atoms with Crippen molar-refractivity contribution in [3.63, 3.8) is 0 Å². The van der Waals surface area contributed by atoms with Gasteiger partial charge in [-0.1, -0.05) is 6.07 Å². The van der Waals surface area contributed by atoms with Gasteiger partial charge in [0, 0.05) is 6.20 Å². The maximum Gasteiger partial charge on any atom is 0.516 e. The lowest BCUT2D eigenvalue weighted by atomic mass is 9.85. The van der Waals surface area contributed by atoms with Crippen LogP contribution in [-0.4, -0.2) is 28.3 Å². The highest BCUT2D eigenvalue weighted by molar-refractivity contribution is 7.13. The monoisotopic (exact) mass is 288 g/mol. The Hall–Kier alpha value is -1.24. The molecule has 4 nitrogen and oxygen atoms in total. The lowest BCUT2D eigenvalue weighted by molar-refractivity contribution is 0.00578. The first-order valence-electron chi connectivity index (χ1n) is 6.60. The summed E-state index contributed by atoms with van der Waals surface area (Å²) in [7, 11) is -0.454. The van der Waals surface area contributed by atoms with Crippen molar-refractivity contribution in [3.05, 3.63) is 29.9 Å². The molecule has 1 aliphatic rings. The van der Waals surface area contributed by atoms with Crippen LogP contribution < -0.4 is 5.59 Å². The van der Waals surface area contributed by atoms with E-state index in [-0.39, 0.29) is 11.2 Å². The molecule has 1 aliphatic heterocycles. The molecule has 0 atom stereocenters. The molecule has 1 fully saturated rings. The lowest BCUT2D eigenvalue weighted by Crippen LogP contribution is -2.41. The summed E-state index contributed by atoms with van der Waals surface area (Å²) >= 11 is 1.65. The highest BCUT2D eigenvalue weighted by Crippen LogP contribution is 2.36. The van der Waals surface area contributed by atoms with Gasteiger partial charge in [-0.05, 0) is 39.1 Å². The van der Waals surface area contributed by atoms with Gasteiger partial charge >= 0.3 is 7.12 Å². The van der Waals surface area contributed by atoms with Crippen molar-refractivity contribution in [1.29, 1.82) is 0 Å². The second kappa shape index (κ2) is 4.65. The molecule has 0 unspecified atom stereocenters. The number of aromatic nitrogens is 2. The van der Waals surface area contributed by atoms with Crippen molar-refractivity contribution >= 4 is 24.0 Å². The number of nitrogens with zero attached hydrogens (tertiary/aromatic N) is 2. The molecule has 1 saturated heterocycles. The van der Waals surface area contributed by atoms with E-state index in [0.717, 1.165) is 10.6 Å². The molecule has 0 aromatic carbocycles. The molecule has 104 valence electrons. The first-order valence-corrected chi connectivity index (χ1v) is 7.48. The van der Waals surface area contributed by atoms with E-state index >= 15 is 0 Å². The Labute approximate surface area is 123 Å². The minimum Gasteiger partial charge on any atom is -0.398 e. The van der Waals surface area contributed by atoms with Gasteiger partial charge in [0.15, 0.2) is 0 Å². The van der Waals surface area contributed by atoms with E-state index in [1.54, 1.807) is 23.7 Å². The van der Waals surface area contributed by atoms with Crippen molar-refractivity contribution in [2.75, 3.05) is 0 Å². The molecule has 0 amide bonds. The zero-order valence-electron chi connectivity index (χ0n) is 12.1. The Morgan fingerprint density at radius 3 is 2.25 bits per heavy atom. The third-order valence-electron chi connectivity index (χ3n) is 3.94. The summed E-state index contributed by atoms with van der Waals surface area (Å²) in [4.78, 5) is 10.0. The molecule has 0 spiro atoms. The smallest absolute Gasteiger partial charge is 0.398 e. The molecule has 0 aliphatic carbocycles. The molecule has 2 aromatic heterocycles. The molecular formula is C14H17BN2O2S. The predicted molar refractivity (Wildman–Crippen MR) is 81.1 cm³/mol. The summed E-state index contributed by atoms with van der Waals surface area (Å²) < 4.78 is 11.9. The number of hydrogen-bond donors (Lipinski definition) is 0. The SMILES string of the molecule is CC1(C)OB(c2cnc(-c3cccs3)cn2)OC1(C)C. The normalized spacial score (nSPS) is 20.3. The average molecular weight is 288 g/mol. The third kappa shape index (κ3) is 2.28. The predicted octanol–water partition coefficient (Wildman–Crippen LogP) is 2.50. The largest absolute Gasteiger partial charge is 0.516 e. The van der Waals surface area contributed by atoms with E-state index in [2.05, 4.69) is 9.97 Å². The topological polar surface area (TPSA) is 44.2 Å². The molecule has 3 heterocycles. The van der Waals surface area contributed by atoms with Crippen LogP contribution in [0, 0.1) is 0 Å². The summed E-state index contributed by atoms with van der Waals surface area (Å²) in [6.07, 6.45) is 3.50. The molecule has 3 rings (SSSR count). The van der Waals surface area contributed by atoms with Gasteiger partial charge in [0.1, 0.15) is 0 Å². The average Bonchev–Trinajstić information content (AvgIpc) is 2.97. The maximum absolute atomic E-state index is 5.96. The van der Waals surface area contributed by atoms with Crippen molar-refractivity contribution < 1.29 is 9.31 Å². The molecule has 0 radical (unpaired) electrons. The zero-order valence-corrected chi connectivity index (χ0v) is 12.9. The highest BCUT2D eigenvalue weighted by atomic mass is 32.1. The molecule has 0 N–H and O–H groups in total. The van der Waals surface area contributed by atoms with Crippen LogP contribution >= 0.6 is 11.3 Å². The zero-order chi connectivity index (χ0) is 14.4. The number of rotatable bonds is 2. The second-order valence-electron chi connectivity index (χ2n) is 5.89. The van der Waals surface area contributed by atoms with Crippen LogP contribution in [0.4, 0.5) is 0 Å². The van der Waals surface area contributed by atoms with Crippen molar-refractivity contribution in [2.45, 2.75) is 38.9 Å². The number of hydrogen-bond acceptors (Lipinski definition) is 5. The Morgan fingerprint density at radius 1 is 1.05 bits per heavy atom. The molecular weight excluding hydrogens is 271 g/mol. The summed E-state index contributed by atoms with van der Waals surface area (Å²) in [5, 5.41) is 2.03. The van der Waals surface area contributed by atoms with Gasteiger partial charge in [-0.25, -0.2) is 0 Å². The quantitative estimate of drug-likeness (QED) is 0.796. The van der Waals surface area contributed by atoms with Crippen molar-refractivity contribution in [2.24, 2.45) is 0 Å². The Morgan fingerprint density at radius 2 is 1.75 bits per heavy atom. The van der Waals surface area contributed by atoms with E-state index in [1.807, 2.05) is 45.2 Å². The Kier molecular flexibility index (Phi) is 3.19. The summed E-state index contributed by atoms with van der Waals surface area (Å²) in [6, 6.07) is 4.03. The highest BCUT2D eigenvalue weighted by Gasteiger charge is 2.52. The lowest BCUT2D eigenvalue weighted by Gasteiger charge is -2.32. The van der Waals surface area contributed by atoms with Gasteiger partial charge < -0.3 is 9.31 Å². The van der Waals surface area contributed by atoms with Crippen LogP contribution in [0.2, 0.25) is 0 Å². The van der Waals surface area contributed by atoms with Gasteiger partial charge in [0.2, 0.25) is 0 Å². The molecule has 0 bridgehead atoms. The van der Waals surface area contributed by atoms with Crippen molar-refractivity contribution in [3.8, 4) is 10.6 Å². The van der Waals surface area contributed by atoms with Gasteiger partial charge in [-0.2, -0.15) is 0 Å². The van der Waals surface area contributed by atoms with Crippen LogP contribution in [0.3, 0.4) is 0 Å². The van der Waals surface area contributed by atoms with E-state index in [1.165, 1.54) is 0 Å². The standard InChI is InChI=1S/C14H17BN2O2S/c1-13(2)14(3,4)19-15(18-13)12-9-16-10(8-17-12)11-6-5-7-20-11/h5-9H,1-4H3. The molecule has 2 aromatic rings. The van der Waals surface area contributed by atoms with Gasteiger partial charge in [-0.15, -0.1) is 11.3 Å². The minimum absolute atomic E-state index is 0.355. The third-order valence-corrected chi connectivity index (χ3v) is 4.83. The fraction of sp³-hybridized carbons (Fsp3) is 0.429. The maximum atomic E-state index is 5.96. The van der Waals surface area contributed by atoms with E-state index < -0.39 is 7.12 Å². The second-order valence-corrected chi connectivity index (χ2v) is 6.84. The summed E-state index contributed by atoms with van der Waals surface area (Å²) in [5.41, 5.74) is 0.876. The summed E-state index contributed by atoms with van der Waals surface area (Å²) in [6.45, 7) is 8.11. The fourth-order valence-corrected chi connectivity index (χ4v) is 2.66. The molecule has 0 saturated carbocycles. The van der Waals surface area contributed by atoms with E-state index in [0.29, 0.717) is 5.59 Å². The number of thiophene rings is 1. The van der Waals surface area contributed by atoms with Crippen LogP contribution in [0.25, 0.3) is 10.6 Å². The fourth-order valence-electron chi connectivity index (χ4n) is 1.98.